The van der Waals surface area contributed by atoms with E-state index in [4.69, 9.17) is 0 Å². The highest BCUT2D eigenvalue weighted by molar-refractivity contribution is 7.85. The van der Waals surface area contributed by atoms with Crippen molar-refractivity contribution >= 4 is 23.2 Å². The van der Waals surface area contributed by atoms with Crippen LogP contribution in [0.3, 0.4) is 0 Å². The minimum Gasteiger partial charge on any atom is -0.313 e. The normalized spacial score (nSPS) is 21.4. The molecule has 16 heavy (non-hydrogen) atoms. The standard InChI is InChI=1S/C11H16N2OS.ClH/c1-9-4-5-11(13-7-9)15(14)8-10-3-2-6-12-10;/h4-5,7,10,12H,2-3,6,8H2,1H3;1H. The van der Waals surface area contributed by atoms with Gasteiger partial charge in [0.25, 0.3) is 0 Å². The van der Waals surface area contributed by atoms with Crippen LogP contribution in [0.15, 0.2) is 23.4 Å². The molecule has 1 aromatic heterocycles. The van der Waals surface area contributed by atoms with Crippen LogP contribution in [-0.4, -0.2) is 27.5 Å². The minimum atomic E-state index is -0.955. The summed E-state index contributed by atoms with van der Waals surface area (Å²) >= 11 is 0. The summed E-state index contributed by atoms with van der Waals surface area (Å²) in [5, 5.41) is 4.05. The lowest BCUT2D eigenvalue weighted by Crippen LogP contribution is -2.27. The molecule has 5 heteroatoms. The van der Waals surface area contributed by atoms with Crippen LogP contribution in [0.25, 0.3) is 0 Å². The van der Waals surface area contributed by atoms with Gasteiger partial charge in [0, 0.05) is 18.0 Å². The fourth-order valence-corrected chi connectivity index (χ4v) is 2.97. The first-order valence-corrected chi connectivity index (χ1v) is 6.62. The van der Waals surface area contributed by atoms with Gasteiger partial charge in [-0.15, -0.1) is 12.4 Å². The Morgan fingerprint density at radius 3 is 2.94 bits per heavy atom. The van der Waals surface area contributed by atoms with Crippen molar-refractivity contribution in [2.45, 2.75) is 30.8 Å². The number of nitrogens with zero attached hydrogens (tertiary/aromatic N) is 1. The van der Waals surface area contributed by atoms with Gasteiger partial charge in [-0.05, 0) is 37.9 Å². The summed E-state index contributed by atoms with van der Waals surface area (Å²) in [6.45, 7) is 3.04. The summed E-state index contributed by atoms with van der Waals surface area (Å²) in [5.41, 5.74) is 1.11. The highest BCUT2D eigenvalue weighted by Gasteiger charge is 2.18. The van der Waals surface area contributed by atoms with E-state index in [0.717, 1.165) is 18.5 Å². The number of aromatic nitrogens is 1. The van der Waals surface area contributed by atoms with Crippen LogP contribution in [0.2, 0.25) is 0 Å². The third-order valence-electron chi connectivity index (χ3n) is 2.63. The molecule has 1 aliphatic heterocycles. The van der Waals surface area contributed by atoms with Gasteiger partial charge in [0.15, 0.2) is 0 Å². The summed E-state index contributed by atoms with van der Waals surface area (Å²) in [5.74, 6) is 0.691. The Balaban J connectivity index is 0.00000128. The summed E-state index contributed by atoms with van der Waals surface area (Å²) in [4.78, 5) is 4.19. The van der Waals surface area contributed by atoms with E-state index in [1.165, 1.54) is 6.42 Å². The molecule has 90 valence electrons. The van der Waals surface area contributed by atoms with E-state index in [1.54, 1.807) is 6.20 Å². The van der Waals surface area contributed by atoms with E-state index in [9.17, 15) is 4.21 Å². The Bertz CT molecular complexity index is 350. The molecule has 3 nitrogen and oxygen atoms in total. The Kier molecular flexibility index (Phi) is 5.38. The van der Waals surface area contributed by atoms with Crippen LogP contribution in [-0.2, 0) is 10.8 Å². The SMILES string of the molecule is Cc1ccc(S(=O)CC2CCCN2)nc1.Cl. The van der Waals surface area contributed by atoms with E-state index in [1.807, 2.05) is 19.1 Å². The van der Waals surface area contributed by atoms with Crippen molar-refractivity contribution in [3.8, 4) is 0 Å². The van der Waals surface area contributed by atoms with Gasteiger partial charge in [0.2, 0.25) is 0 Å². The lowest BCUT2D eigenvalue weighted by atomic mass is 10.3. The second-order valence-electron chi connectivity index (χ2n) is 3.98. The molecule has 0 radical (unpaired) electrons. The maximum Gasteiger partial charge on any atom is 0.127 e. The number of aryl methyl sites for hydroxylation is 1. The van der Waals surface area contributed by atoms with Gasteiger partial charge < -0.3 is 5.32 Å². The lowest BCUT2D eigenvalue weighted by Gasteiger charge is -2.08. The van der Waals surface area contributed by atoms with Crippen LogP contribution in [0.1, 0.15) is 18.4 Å². The molecule has 2 heterocycles. The van der Waals surface area contributed by atoms with Crippen molar-refractivity contribution in [2.75, 3.05) is 12.3 Å². The second-order valence-corrected chi connectivity index (χ2v) is 5.42. The average Bonchev–Trinajstić information content (AvgIpc) is 2.71. The number of rotatable bonds is 3. The third-order valence-corrected chi connectivity index (χ3v) is 4.05. The Labute approximate surface area is 105 Å². The molecule has 0 aromatic carbocycles. The van der Waals surface area contributed by atoms with Crippen LogP contribution in [0, 0.1) is 6.92 Å². The number of halogens is 1. The van der Waals surface area contributed by atoms with Gasteiger partial charge in [-0.3, -0.25) is 4.21 Å². The number of hydrogen-bond acceptors (Lipinski definition) is 3. The zero-order valence-corrected chi connectivity index (χ0v) is 10.9. The predicted octanol–water partition coefficient (Wildman–Crippen LogP) is 1.67. The van der Waals surface area contributed by atoms with Crippen molar-refractivity contribution in [2.24, 2.45) is 0 Å². The number of nitrogens with one attached hydrogen (secondary N) is 1. The summed E-state index contributed by atoms with van der Waals surface area (Å²) in [6.07, 6.45) is 4.11. The molecule has 1 N–H and O–H groups in total. The Hall–Kier alpha value is -0.450. The van der Waals surface area contributed by atoms with Crippen LogP contribution in [0.4, 0.5) is 0 Å². The van der Waals surface area contributed by atoms with Crippen molar-refractivity contribution in [1.82, 2.24) is 10.3 Å². The van der Waals surface area contributed by atoms with Gasteiger partial charge in [-0.2, -0.15) is 0 Å². The van der Waals surface area contributed by atoms with Crippen molar-refractivity contribution in [3.63, 3.8) is 0 Å². The molecule has 0 spiro atoms. The predicted molar refractivity (Wildman–Crippen MR) is 68.5 cm³/mol. The second kappa shape index (κ2) is 6.33. The van der Waals surface area contributed by atoms with Crippen molar-refractivity contribution in [1.29, 1.82) is 0 Å². The molecule has 2 rings (SSSR count). The van der Waals surface area contributed by atoms with E-state index < -0.39 is 10.8 Å². The minimum absolute atomic E-state index is 0. The number of hydrogen-bond donors (Lipinski definition) is 1. The van der Waals surface area contributed by atoms with E-state index in [-0.39, 0.29) is 12.4 Å². The Morgan fingerprint density at radius 1 is 1.56 bits per heavy atom. The highest BCUT2D eigenvalue weighted by Crippen LogP contribution is 2.10. The van der Waals surface area contributed by atoms with Gasteiger partial charge in [0.1, 0.15) is 5.03 Å². The van der Waals surface area contributed by atoms with Gasteiger partial charge in [-0.25, -0.2) is 4.98 Å². The van der Waals surface area contributed by atoms with E-state index in [0.29, 0.717) is 16.8 Å². The van der Waals surface area contributed by atoms with Crippen molar-refractivity contribution < 1.29 is 4.21 Å². The number of pyridine rings is 1. The van der Waals surface area contributed by atoms with Gasteiger partial charge in [-0.1, -0.05) is 6.07 Å². The molecule has 1 aliphatic rings. The maximum atomic E-state index is 11.9. The summed E-state index contributed by atoms with van der Waals surface area (Å²) in [7, 11) is -0.955. The van der Waals surface area contributed by atoms with Gasteiger partial charge >= 0.3 is 0 Å². The highest BCUT2D eigenvalue weighted by atomic mass is 35.5. The quantitative estimate of drug-likeness (QED) is 0.899. The summed E-state index contributed by atoms with van der Waals surface area (Å²) < 4.78 is 11.9. The Morgan fingerprint density at radius 2 is 2.38 bits per heavy atom. The smallest absolute Gasteiger partial charge is 0.127 e. The van der Waals surface area contributed by atoms with Crippen molar-refractivity contribution in [3.05, 3.63) is 23.9 Å². The largest absolute Gasteiger partial charge is 0.313 e. The lowest BCUT2D eigenvalue weighted by molar-refractivity contribution is 0.641. The topological polar surface area (TPSA) is 42.0 Å². The molecule has 1 aromatic rings. The maximum absolute atomic E-state index is 11.9. The zero-order chi connectivity index (χ0) is 10.7. The molecule has 2 atom stereocenters. The summed E-state index contributed by atoms with van der Waals surface area (Å²) in [6, 6.07) is 4.23. The molecule has 0 amide bonds. The molecule has 0 aliphatic carbocycles. The first-order chi connectivity index (χ1) is 7.25. The first-order valence-electron chi connectivity index (χ1n) is 5.30. The third kappa shape index (κ3) is 3.54. The zero-order valence-electron chi connectivity index (χ0n) is 9.31. The van der Waals surface area contributed by atoms with Gasteiger partial charge in [0.05, 0.1) is 10.8 Å². The monoisotopic (exact) mass is 260 g/mol. The van der Waals surface area contributed by atoms with Crippen LogP contribution in [0.5, 0.6) is 0 Å². The fourth-order valence-electron chi connectivity index (χ4n) is 1.76. The molecule has 0 saturated carbocycles. The first kappa shape index (κ1) is 13.6. The molecule has 0 bridgehead atoms. The molecular formula is C11H17ClN2OS. The fraction of sp³-hybridized carbons (Fsp3) is 0.545. The van der Waals surface area contributed by atoms with Crippen LogP contribution < -0.4 is 5.32 Å². The molecule has 1 saturated heterocycles. The van der Waals surface area contributed by atoms with Crippen LogP contribution >= 0.6 is 12.4 Å². The molecule has 2 unspecified atom stereocenters. The van der Waals surface area contributed by atoms with E-state index in [2.05, 4.69) is 10.3 Å². The molecule has 1 fully saturated rings. The van der Waals surface area contributed by atoms with E-state index >= 15 is 0 Å². The molecular weight excluding hydrogens is 244 g/mol. The average molecular weight is 261 g/mol.